The molecule has 5 aromatic rings. The van der Waals surface area contributed by atoms with Gasteiger partial charge in [-0.1, -0.05) is 39.8 Å². The molecule has 7 rings (SSSR count). The van der Waals surface area contributed by atoms with Crippen LogP contribution in [0.3, 0.4) is 0 Å². The van der Waals surface area contributed by atoms with E-state index in [9.17, 15) is 14.9 Å². The van der Waals surface area contributed by atoms with E-state index < -0.39 is 0 Å². The van der Waals surface area contributed by atoms with Crippen molar-refractivity contribution in [2.45, 2.75) is 80.3 Å². The number of hydrogen-bond acceptors (Lipinski definition) is 9. The molecule has 4 heterocycles. The Hall–Kier alpha value is -5.47. The fourth-order valence-electron chi connectivity index (χ4n) is 7.85. The molecule has 266 valence electrons. The minimum Gasteiger partial charge on any atom is -0.384 e. The van der Waals surface area contributed by atoms with Crippen LogP contribution in [-0.2, 0) is 25.9 Å². The van der Waals surface area contributed by atoms with E-state index in [2.05, 4.69) is 53.9 Å². The standard InChI is InChI=1S/C41H45N9O2/c1-26-38-34(19-40(3,4)21-36(38)51)49(46-26)32-17-30(45-15-16-48(24-28-11-7-9-13-43-28)25-29-12-8-10-14-44-29)18-33(31(32)23-42)50-35-20-41(5,6)22-37(52)39(35)27(2)47-50/h7-14,17-18,45H,15-16,19-22,24-25H2,1-6H3. The van der Waals surface area contributed by atoms with Gasteiger partial charge in [-0.3, -0.25) is 24.5 Å². The number of nitrogens with one attached hydrogen (secondary N) is 1. The molecule has 1 aromatic carbocycles. The zero-order valence-electron chi connectivity index (χ0n) is 30.8. The lowest BCUT2D eigenvalue weighted by Crippen LogP contribution is -2.29. The van der Waals surface area contributed by atoms with E-state index in [-0.39, 0.29) is 22.4 Å². The summed E-state index contributed by atoms with van der Waals surface area (Å²) in [5, 5.41) is 24.3. The molecule has 0 amide bonds. The van der Waals surface area contributed by atoms with Crippen molar-refractivity contribution in [3.63, 3.8) is 0 Å². The molecule has 1 N–H and O–H groups in total. The average Bonchev–Trinajstić information content (AvgIpc) is 3.59. The van der Waals surface area contributed by atoms with Gasteiger partial charge in [0.1, 0.15) is 11.6 Å². The number of hydrogen-bond donors (Lipinski definition) is 1. The number of aromatic nitrogens is 6. The van der Waals surface area contributed by atoms with Crippen molar-refractivity contribution in [1.29, 1.82) is 5.26 Å². The van der Waals surface area contributed by atoms with Crippen molar-refractivity contribution >= 4 is 17.3 Å². The largest absolute Gasteiger partial charge is 0.384 e. The van der Waals surface area contributed by atoms with Gasteiger partial charge in [-0.25, -0.2) is 9.36 Å². The molecular formula is C41H45N9O2. The van der Waals surface area contributed by atoms with E-state index in [0.29, 0.717) is 91.3 Å². The van der Waals surface area contributed by atoms with Gasteiger partial charge in [0.25, 0.3) is 0 Å². The Kier molecular flexibility index (Phi) is 9.13. The van der Waals surface area contributed by atoms with Crippen molar-refractivity contribution in [2.24, 2.45) is 10.8 Å². The van der Waals surface area contributed by atoms with Crippen molar-refractivity contribution < 1.29 is 9.59 Å². The maximum atomic E-state index is 13.4. The molecule has 0 atom stereocenters. The summed E-state index contributed by atoms with van der Waals surface area (Å²) < 4.78 is 3.59. The van der Waals surface area contributed by atoms with Gasteiger partial charge >= 0.3 is 0 Å². The van der Waals surface area contributed by atoms with Crippen molar-refractivity contribution in [3.8, 4) is 17.4 Å². The summed E-state index contributed by atoms with van der Waals surface area (Å²) in [4.78, 5) is 38.2. The van der Waals surface area contributed by atoms with Crippen LogP contribution >= 0.6 is 0 Å². The molecule has 0 fully saturated rings. The van der Waals surface area contributed by atoms with E-state index in [0.717, 1.165) is 28.5 Å². The highest BCUT2D eigenvalue weighted by molar-refractivity contribution is 6.00. The highest BCUT2D eigenvalue weighted by Crippen LogP contribution is 2.41. The highest BCUT2D eigenvalue weighted by Gasteiger charge is 2.38. The third-order valence-corrected chi connectivity index (χ3v) is 10.1. The second-order valence-electron chi connectivity index (χ2n) is 15.8. The number of aryl methyl sites for hydroxylation is 2. The summed E-state index contributed by atoms with van der Waals surface area (Å²) in [6.07, 6.45) is 5.78. The summed E-state index contributed by atoms with van der Waals surface area (Å²) in [6.45, 7) is 14.6. The molecule has 0 spiro atoms. The Balaban J connectivity index is 1.31. The molecular weight excluding hydrogens is 651 g/mol. The maximum Gasteiger partial charge on any atom is 0.167 e. The summed E-state index contributed by atoms with van der Waals surface area (Å²) >= 11 is 0. The molecule has 0 saturated carbocycles. The number of fused-ring (bicyclic) bond motifs is 2. The smallest absolute Gasteiger partial charge is 0.167 e. The first kappa shape index (κ1) is 35.0. The van der Waals surface area contributed by atoms with E-state index in [1.54, 1.807) is 21.8 Å². The fraction of sp³-hybridized carbons (Fsp3) is 0.390. The summed E-state index contributed by atoms with van der Waals surface area (Å²) in [5.41, 5.74) is 7.91. The topological polar surface area (TPSA) is 135 Å². The molecule has 0 unspecified atom stereocenters. The highest BCUT2D eigenvalue weighted by atomic mass is 16.1. The van der Waals surface area contributed by atoms with Crippen LogP contribution < -0.4 is 5.32 Å². The van der Waals surface area contributed by atoms with Crippen LogP contribution in [0.15, 0.2) is 60.9 Å². The molecule has 2 aliphatic rings. The van der Waals surface area contributed by atoms with Crippen molar-refractivity contribution in [1.82, 2.24) is 34.4 Å². The Labute approximate surface area is 304 Å². The number of nitrogens with zero attached hydrogens (tertiary/aromatic N) is 8. The average molecular weight is 696 g/mol. The third-order valence-electron chi connectivity index (χ3n) is 10.1. The van der Waals surface area contributed by atoms with Crippen molar-refractivity contribution in [2.75, 3.05) is 18.4 Å². The van der Waals surface area contributed by atoms with E-state index in [4.69, 9.17) is 10.2 Å². The van der Waals surface area contributed by atoms with Gasteiger partial charge in [0.2, 0.25) is 0 Å². The Bertz CT molecular complexity index is 2070. The first-order valence-electron chi connectivity index (χ1n) is 17.9. The Morgan fingerprint density at radius 2 is 1.25 bits per heavy atom. The monoisotopic (exact) mass is 695 g/mol. The van der Waals surface area contributed by atoms with E-state index in [1.165, 1.54) is 0 Å². The second kappa shape index (κ2) is 13.6. The first-order chi connectivity index (χ1) is 24.8. The van der Waals surface area contributed by atoms with Crippen LogP contribution in [0.4, 0.5) is 5.69 Å². The van der Waals surface area contributed by atoms with Gasteiger partial charge in [0.15, 0.2) is 11.6 Å². The number of benzene rings is 1. The zero-order chi connectivity index (χ0) is 36.8. The predicted octanol–water partition coefficient (Wildman–Crippen LogP) is 6.76. The van der Waals surface area contributed by atoms with Crippen LogP contribution in [0.2, 0.25) is 0 Å². The Morgan fingerprint density at radius 3 is 1.67 bits per heavy atom. The molecule has 0 bridgehead atoms. The lowest BCUT2D eigenvalue weighted by Gasteiger charge is -2.30. The second-order valence-corrected chi connectivity index (χ2v) is 15.8. The van der Waals surface area contributed by atoms with Gasteiger partial charge in [-0.05, 0) is 73.9 Å². The first-order valence-corrected chi connectivity index (χ1v) is 17.9. The Morgan fingerprint density at radius 1 is 0.769 bits per heavy atom. The third kappa shape index (κ3) is 6.91. The van der Waals surface area contributed by atoms with Crippen LogP contribution in [0, 0.1) is 36.0 Å². The number of nitriles is 1. The van der Waals surface area contributed by atoms with Gasteiger partial charge in [-0.15, -0.1) is 0 Å². The number of pyridine rings is 2. The molecule has 11 nitrogen and oxygen atoms in total. The number of carbonyl (C=O) groups excluding carboxylic acids is 2. The van der Waals surface area contributed by atoms with Crippen LogP contribution in [0.25, 0.3) is 11.4 Å². The minimum absolute atomic E-state index is 0.0708. The molecule has 52 heavy (non-hydrogen) atoms. The minimum atomic E-state index is -0.255. The maximum absolute atomic E-state index is 13.4. The zero-order valence-corrected chi connectivity index (χ0v) is 30.8. The number of carbonyl (C=O) groups is 2. The van der Waals surface area contributed by atoms with Crippen LogP contribution in [0.5, 0.6) is 0 Å². The molecule has 0 radical (unpaired) electrons. The fourth-order valence-corrected chi connectivity index (χ4v) is 7.85. The van der Waals surface area contributed by atoms with Gasteiger partial charge < -0.3 is 5.32 Å². The lowest BCUT2D eigenvalue weighted by molar-refractivity contribution is 0.0900. The molecule has 11 heteroatoms. The lowest BCUT2D eigenvalue weighted by atomic mass is 9.75. The summed E-state index contributed by atoms with van der Waals surface area (Å²) in [5.74, 6) is 0.142. The SMILES string of the molecule is Cc1nn(-c2cc(NCCN(Cc3ccccn3)Cc3ccccn3)cc(-n3nc(C)c4c3CC(C)(C)CC4=O)c2C#N)c2c1C(=O)CC(C)(C)C2. The van der Waals surface area contributed by atoms with E-state index in [1.807, 2.05) is 62.4 Å². The van der Waals surface area contributed by atoms with Crippen molar-refractivity contribution in [3.05, 3.63) is 112 Å². The van der Waals surface area contributed by atoms with Crippen LogP contribution in [-0.4, -0.2) is 59.1 Å². The van der Waals surface area contributed by atoms with Gasteiger partial charge in [0.05, 0.1) is 56.7 Å². The molecule has 0 aliphatic heterocycles. The summed E-state index contributed by atoms with van der Waals surface area (Å²) in [6, 6.07) is 18.2. The molecule has 0 saturated heterocycles. The predicted molar refractivity (Wildman–Crippen MR) is 199 cm³/mol. The number of anilines is 1. The quantitative estimate of drug-likeness (QED) is 0.168. The van der Waals surface area contributed by atoms with Gasteiger partial charge in [-0.2, -0.15) is 15.5 Å². The van der Waals surface area contributed by atoms with E-state index >= 15 is 0 Å². The number of rotatable bonds is 10. The number of ketones is 2. The number of Topliss-reactive ketones (excluding diaryl/α,β-unsaturated/α-hetero) is 2. The normalized spacial score (nSPS) is 16.0. The summed E-state index contributed by atoms with van der Waals surface area (Å²) in [7, 11) is 0. The van der Waals surface area contributed by atoms with Crippen LogP contribution in [0.1, 0.15) is 101 Å². The van der Waals surface area contributed by atoms with Gasteiger partial charge in [0, 0.05) is 57.1 Å². The molecule has 2 aliphatic carbocycles. The molecule has 4 aromatic heterocycles.